The van der Waals surface area contributed by atoms with Crippen LogP contribution in [0.15, 0.2) is 5.10 Å². The van der Waals surface area contributed by atoms with Gasteiger partial charge in [0.1, 0.15) is 0 Å². The van der Waals surface area contributed by atoms with E-state index >= 15 is 0 Å². The first-order valence-electron chi connectivity index (χ1n) is 5.17. The third-order valence-corrected chi connectivity index (χ3v) is 3.18. The van der Waals surface area contributed by atoms with Crippen molar-refractivity contribution in [2.45, 2.75) is 47.5 Å². The topological polar surface area (TPSA) is 41.5 Å². The van der Waals surface area contributed by atoms with Crippen LogP contribution in [0.25, 0.3) is 0 Å². The van der Waals surface area contributed by atoms with Gasteiger partial charge in [-0.1, -0.05) is 34.6 Å². The van der Waals surface area contributed by atoms with Gasteiger partial charge < -0.3 is 0 Å². The average Bonchev–Trinajstić information content (AvgIpc) is 2.09. The van der Waals surface area contributed by atoms with Crippen molar-refractivity contribution < 1.29 is 4.79 Å². The minimum atomic E-state index is -0.316. The molecule has 0 aromatic rings. The number of carbonyl (C=O) groups is 1. The molecule has 0 atom stereocenters. The fourth-order valence-electron chi connectivity index (χ4n) is 1.40. The third kappa shape index (κ3) is 1.97. The Labute approximate surface area is 86.0 Å². The van der Waals surface area contributed by atoms with Crippen LogP contribution in [0.1, 0.15) is 47.5 Å². The highest BCUT2D eigenvalue weighted by Crippen LogP contribution is 2.33. The van der Waals surface area contributed by atoms with Gasteiger partial charge in [-0.05, 0) is 6.42 Å². The van der Waals surface area contributed by atoms with E-state index in [1.165, 1.54) is 0 Å². The number of hydrogen-bond acceptors (Lipinski definition) is 2. The molecular weight excluding hydrogens is 176 g/mol. The van der Waals surface area contributed by atoms with Crippen LogP contribution in [-0.4, -0.2) is 11.6 Å². The Balaban J connectivity index is 2.91. The molecule has 0 spiro atoms. The highest BCUT2D eigenvalue weighted by Gasteiger charge is 2.37. The van der Waals surface area contributed by atoms with E-state index in [0.29, 0.717) is 0 Å². The summed E-state index contributed by atoms with van der Waals surface area (Å²) in [6.45, 7) is 10.4. The minimum Gasteiger partial charge on any atom is -0.273 e. The van der Waals surface area contributed by atoms with Gasteiger partial charge in [0.2, 0.25) is 5.91 Å². The second kappa shape index (κ2) is 3.37. The van der Waals surface area contributed by atoms with Gasteiger partial charge >= 0.3 is 0 Å². The molecular formula is C11H20N2O. The van der Waals surface area contributed by atoms with Gasteiger partial charge in [-0.3, -0.25) is 4.79 Å². The van der Waals surface area contributed by atoms with E-state index in [-0.39, 0.29) is 16.7 Å². The van der Waals surface area contributed by atoms with E-state index < -0.39 is 0 Å². The zero-order chi connectivity index (χ0) is 11.0. The van der Waals surface area contributed by atoms with Crippen molar-refractivity contribution in [3.05, 3.63) is 0 Å². The lowest BCUT2D eigenvalue weighted by molar-refractivity contribution is -0.129. The highest BCUT2D eigenvalue weighted by atomic mass is 16.2. The molecule has 0 saturated heterocycles. The van der Waals surface area contributed by atoms with Crippen molar-refractivity contribution in [2.24, 2.45) is 15.9 Å². The Morgan fingerprint density at radius 3 is 2.50 bits per heavy atom. The minimum absolute atomic E-state index is 0.0214. The summed E-state index contributed by atoms with van der Waals surface area (Å²) in [6.07, 6.45) is 1.80. The molecule has 1 N–H and O–H groups in total. The fraction of sp³-hybridized carbons (Fsp3) is 0.818. The Morgan fingerprint density at radius 2 is 2.07 bits per heavy atom. The van der Waals surface area contributed by atoms with Crippen LogP contribution < -0.4 is 5.43 Å². The van der Waals surface area contributed by atoms with Gasteiger partial charge in [0.05, 0.1) is 5.41 Å². The molecule has 1 rings (SSSR count). The van der Waals surface area contributed by atoms with Crippen LogP contribution >= 0.6 is 0 Å². The quantitative estimate of drug-likeness (QED) is 0.723. The Hall–Kier alpha value is -0.860. The van der Waals surface area contributed by atoms with E-state index in [1.54, 1.807) is 0 Å². The smallest absolute Gasteiger partial charge is 0.246 e. The zero-order valence-electron chi connectivity index (χ0n) is 9.77. The first-order chi connectivity index (χ1) is 6.29. The number of hydrazone groups is 1. The van der Waals surface area contributed by atoms with E-state index in [1.807, 2.05) is 13.8 Å². The molecule has 0 aliphatic carbocycles. The normalized spacial score (nSPS) is 21.5. The zero-order valence-corrected chi connectivity index (χ0v) is 9.77. The number of hydrogen-bond donors (Lipinski definition) is 1. The van der Waals surface area contributed by atoms with Gasteiger partial charge in [-0.25, -0.2) is 5.43 Å². The Kier molecular flexibility index (Phi) is 2.70. The largest absolute Gasteiger partial charge is 0.273 e. The molecule has 0 aromatic heterocycles. The number of nitrogens with zero attached hydrogens (tertiary/aromatic N) is 1. The third-order valence-electron chi connectivity index (χ3n) is 3.18. The van der Waals surface area contributed by atoms with Crippen molar-refractivity contribution in [1.82, 2.24) is 5.43 Å². The number of nitrogens with one attached hydrogen (secondary N) is 1. The lowest BCUT2D eigenvalue weighted by atomic mass is 9.75. The fourth-order valence-corrected chi connectivity index (χ4v) is 1.40. The van der Waals surface area contributed by atoms with Crippen LogP contribution in [0.2, 0.25) is 0 Å². The summed E-state index contributed by atoms with van der Waals surface area (Å²) in [4.78, 5) is 11.5. The van der Waals surface area contributed by atoms with Gasteiger partial charge in [-0.15, -0.1) is 0 Å². The molecule has 1 aliphatic heterocycles. The first kappa shape index (κ1) is 11.2. The number of rotatable bonds is 2. The maximum absolute atomic E-state index is 11.5. The maximum Gasteiger partial charge on any atom is 0.246 e. The molecule has 0 radical (unpaired) electrons. The lowest BCUT2D eigenvalue weighted by Gasteiger charge is -2.34. The standard InChI is InChI=1S/C11H20N2O/c1-6-10(2,3)8-7-11(4,5)9(14)13-12-8/h6-7H2,1-5H3,(H,13,14). The van der Waals surface area contributed by atoms with E-state index in [4.69, 9.17) is 0 Å². The van der Waals surface area contributed by atoms with E-state index in [2.05, 4.69) is 31.3 Å². The van der Waals surface area contributed by atoms with Crippen LogP contribution in [0, 0.1) is 10.8 Å². The summed E-state index contributed by atoms with van der Waals surface area (Å²) in [7, 11) is 0. The van der Waals surface area contributed by atoms with Crippen LogP contribution in [0.4, 0.5) is 0 Å². The number of carbonyl (C=O) groups excluding carboxylic acids is 1. The average molecular weight is 196 g/mol. The van der Waals surface area contributed by atoms with Crippen molar-refractivity contribution >= 4 is 11.6 Å². The first-order valence-corrected chi connectivity index (χ1v) is 5.17. The van der Waals surface area contributed by atoms with Crippen LogP contribution in [0.5, 0.6) is 0 Å². The number of amides is 1. The predicted molar refractivity (Wildman–Crippen MR) is 58.0 cm³/mol. The van der Waals surface area contributed by atoms with Crippen molar-refractivity contribution in [1.29, 1.82) is 0 Å². The second-order valence-electron chi connectivity index (χ2n) is 5.30. The van der Waals surface area contributed by atoms with E-state index in [9.17, 15) is 4.79 Å². The molecule has 3 nitrogen and oxygen atoms in total. The Morgan fingerprint density at radius 1 is 1.50 bits per heavy atom. The molecule has 1 heterocycles. The lowest BCUT2D eigenvalue weighted by Crippen LogP contribution is -2.44. The van der Waals surface area contributed by atoms with Crippen LogP contribution in [-0.2, 0) is 4.79 Å². The summed E-state index contributed by atoms with van der Waals surface area (Å²) in [5.74, 6) is 0.0214. The summed E-state index contributed by atoms with van der Waals surface area (Å²) >= 11 is 0. The van der Waals surface area contributed by atoms with Gasteiger partial charge in [0, 0.05) is 17.5 Å². The summed E-state index contributed by atoms with van der Waals surface area (Å²) in [5.41, 5.74) is 3.49. The molecule has 0 fully saturated rings. The Bertz CT molecular complexity index is 277. The molecule has 0 saturated carbocycles. The molecule has 14 heavy (non-hydrogen) atoms. The summed E-state index contributed by atoms with van der Waals surface area (Å²) < 4.78 is 0. The van der Waals surface area contributed by atoms with Gasteiger partial charge in [-0.2, -0.15) is 5.10 Å². The van der Waals surface area contributed by atoms with Crippen LogP contribution in [0.3, 0.4) is 0 Å². The molecule has 80 valence electrons. The van der Waals surface area contributed by atoms with Crippen molar-refractivity contribution in [3.63, 3.8) is 0 Å². The second-order valence-corrected chi connectivity index (χ2v) is 5.30. The SMILES string of the molecule is CCC(C)(C)C1=NNC(=O)C(C)(C)C1. The summed E-state index contributed by atoms with van der Waals surface area (Å²) in [5, 5.41) is 4.17. The van der Waals surface area contributed by atoms with Crippen molar-refractivity contribution in [2.75, 3.05) is 0 Å². The van der Waals surface area contributed by atoms with Gasteiger partial charge in [0.25, 0.3) is 0 Å². The van der Waals surface area contributed by atoms with Gasteiger partial charge in [0.15, 0.2) is 0 Å². The van der Waals surface area contributed by atoms with Crippen molar-refractivity contribution in [3.8, 4) is 0 Å². The molecule has 1 amide bonds. The van der Waals surface area contributed by atoms with E-state index in [0.717, 1.165) is 18.6 Å². The molecule has 0 unspecified atom stereocenters. The predicted octanol–water partition coefficient (Wildman–Crippen LogP) is 2.32. The molecule has 3 heteroatoms. The molecule has 0 aromatic carbocycles. The molecule has 0 bridgehead atoms. The summed E-state index contributed by atoms with van der Waals surface area (Å²) in [6, 6.07) is 0. The molecule has 1 aliphatic rings. The maximum atomic E-state index is 11.5. The highest BCUT2D eigenvalue weighted by molar-refractivity contribution is 5.98. The monoisotopic (exact) mass is 196 g/mol.